The smallest absolute Gasteiger partial charge is 0.251 e. The first-order valence-corrected chi connectivity index (χ1v) is 10.3. The van der Waals surface area contributed by atoms with Crippen molar-refractivity contribution in [2.24, 2.45) is 0 Å². The van der Waals surface area contributed by atoms with Crippen molar-refractivity contribution in [3.8, 4) is 22.6 Å². The molecule has 1 amide bonds. The van der Waals surface area contributed by atoms with Crippen molar-refractivity contribution in [1.82, 2.24) is 10.6 Å². The van der Waals surface area contributed by atoms with Gasteiger partial charge in [-0.15, -0.1) is 0 Å². The Morgan fingerprint density at radius 1 is 1.17 bits per heavy atom. The molecule has 0 radical (unpaired) electrons. The highest BCUT2D eigenvalue weighted by molar-refractivity contribution is 8.03. The van der Waals surface area contributed by atoms with Crippen molar-refractivity contribution in [2.75, 3.05) is 19.7 Å². The fourth-order valence-electron chi connectivity index (χ4n) is 3.11. The molecular formula is C22H22N4O2S. The van der Waals surface area contributed by atoms with E-state index < -0.39 is 12.1 Å². The molecule has 6 nitrogen and oxygen atoms in total. The summed E-state index contributed by atoms with van der Waals surface area (Å²) in [4.78, 5) is 13.3. The maximum Gasteiger partial charge on any atom is 0.251 e. The van der Waals surface area contributed by atoms with Gasteiger partial charge in [0.1, 0.15) is 17.5 Å². The Kier molecular flexibility index (Phi) is 7.66. The van der Waals surface area contributed by atoms with Gasteiger partial charge in [-0.25, -0.2) is 0 Å². The van der Waals surface area contributed by atoms with Gasteiger partial charge in [-0.2, -0.15) is 10.5 Å². The van der Waals surface area contributed by atoms with Crippen LogP contribution in [0.15, 0.2) is 53.4 Å². The first-order chi connectivity index (χ1) is 14.2. The molecule has 0 spiro atoms. The molecule has 0 aromatic heterocycles. The first kappa shape index (κ1) is 20.9. The number of hydrogen-bond donors (Lipinski definition) is 2. The van der Waals surface area contributed by atoms with Crippen LogP contribution in [0.3, 0.4) is 0 Å². The lowest BCUT2D eigenvalue weighted by atomic mass is 10.0. The van der Waals surface area contributed by atoms with Crippen molar-refractivity contribution < 1.29 is 9.53 Å². The van der Waals surface area contributed by atoms with Crippen LogP contribution in [0.4, 0.5) is 0 Å². The van der Waals surface area contributed by atoms with E-state index in [1.807, 2.05) is 48.5 Å². The van der Waals surface area contributed by atoms with E-state index in [4.69, 9.17) is 10.00 Å². The van der Waals surface area contributed by atoms with Gasteiger partial charge in [0.25, 0.3) is 5.91 Å². The van der Waals surface area contributed by atoms with Crippen LogP contribution in [0.1, 0.15) is 12.0 Å². The van der Waals surface area contributed by atoms with E-state index in [0.29, 0.717) is 19.6 Å². The quantitative estimate of drug-likeness (QED) is 0.565. The maximum atomic E-state index is 12.4. The zero-order valence-electron chi connectivity index (χ0n) is 15.9. The molecule has 2 atom stereocenters. The Morgan fingerprint density at radius 3 is 2.52 bits per heavy atom. The minimum absolute atomic E-state index is 0.252. The Morgan fingerprint density at radius 2 is 1.86 bits per heavy atom. The monoisotopic (exact) mass is 406 g/mol. The molecule has 148 valence electrons. The molecule has 1 saturated heterocycles. The summed E-state index contributed by atoms with van der Waals surface area (Å²) in [5.74, 6) is -0.252. The third kappa shape index (κ3) is 6.07. The average Bonchev–Trinajstić information content (AvgIpc) is 3.04. The van der Waals surface area contributed by atoms with Gasteiger partial charge in [-0.05, 0) is 53.6 Å². The summed E-state index contributed by atoms with van der Waals surface area (Å²) < 4.78 is 5.55. The molecular weight excluding hydrogens is 384 g/mol. The summed E-state index contributed by atoms with van der Waals surface area (Å²) in [6, 6.07) is 17.3. The third-order valence-corrected chi connectivity index (χ3v) is 5.26. The predicted molar refractivity (Wildman–Crippen MR) is 112 cm³/mol. The zero-order chi connectivity index (χ0) is 20.5. The second kappa shape index (κ2) is 10.6. The summed E-state index contributed by atoms with van der Waals surface area (Å²) in [5, 5.41) is 26.2. The molecule has 2 N–H and O–H groups in total. The number of nitriles is 2. The number of amides is 1. The van der Waals surface area contributed by atoms with E-state index in [-0.39, 0.29) is 5.91 Å². The van der Waals surface area contributed by atoms with Crippen LogP contribution in [-0.2, 0) is 16.0 Å². The molecule has 7 heteroatoms. The van der Waals surface area contributed by atoms with E-state index in [1.54, 1.807) is 0 Å². The van der Waals surface area contributed by atoms with Gasteiger partial charge < -0.3 is 15.4 Å². The van der Waals surface area contributed by atoms with Crippen molar-refractivity contribution >= 4 is 17.7 Å². The van der Waals surface area contributed by atoms with Crippen LogP contribution in [0, 0.1) is 22.0 Å². The van der Waals surface area contributed by atoms with Crippen LogP contribution >= 0.6 is 11.8 Å². The van der Waals surface area contributed by atoms with Gasteiger partial charge in [-0.1, -0.05) is 36.4 Å². The number of carbonyl (C=O) groups is 1. The number of nitrogens with zero attached hydrogens (tertiary/aromatic N) is 2. The van der Waals surface area contributed by atoms with Crippen LogP contribution in [-0.4, -0.2) is 37.7 Å². The van der Waals surface area contributed by atoms with Gasteiger partial charge in [0.05, 0.1) is 6.07 Å². The molecule has 1 fully saturated rings. The third-order valence-electron chi connectivity index (χ3n) is 4.66. The topological polar surface area (TPSA) is 97.9 Å². The second-order valence-electron chi connectivity index (χ2n) is 6.73. The Hall–Kier alpha value is -2.84. The molecule has 29 heavy (non-hydrogen) atoms. The molecule has 0 bridgehead atoms. The first-order valence-electron chi connectivity index (χ1n) is 9.47. The van der Waals surface area contributed by atoms with Gasteiger partial charge in [-0.3, -0.25) is 4.79 Å². The molecule has 1 aliphatic rings. The average molecular weight is 407 g/mol. The van der Waals surface area contributed by atoms with Gasteiger partial charge in [0.2, 0.25) is 0 Å². The summed E-state index contributed by atoms with van der Waals surface area (Å²) in [6.45, 7) is 1.84. The predicted octanol–water partition coefficient (Wildman–Crippen LogP) is 2.86. The lowest BCUT2D eigenvalue weighted by molar-refractivity contribution is -0.132. The van der Waals surface area contributed by atoms with Crippen molar-refractivity contribution in [1.29, 1.82) is 10.5 Å². The summed E-state index contributed by atoms with van der Waals surface area (Å²) >= 11 is 1.13. The second-order valence-corrected chi connectivity index (χ2v) is 7.58. The number of rotatable bonds is 6. The molecule has 0 aliphatic carbocycles. The number of thioether (sulfide) groups is 1. The molecule has 0 saturated carbocycles. The van der Waals surface area contributed by atoms with Crippen molar-refractivity contribution in [3.63, 3.8) is 0 Å². The molecule has 1 aliphatic heterocycles. The summed E-state index contributed by atoms with van der Waals surface area (Å²) in [7, 11) is 0. The fraction of sp³-hybridized carbons (Fsp3) is 0.318. The van der Waals surface area contributed by atoms with Gasteiger partial charge in [0, 0.05) is 24.5 Å². The zero-order valence-corrected chi connectivity index (χ0v) is 16.7. The SMILES string of the molecule is N#CSc1ccc(-c2ccc(CC(C#N)NC(=O)[C@@H]3CNCCCO3)cc2)cc1. The lowest BCUT2D eigenvalue weighted by Gasteiger charge is -2.18. The number of benzene rings is 2. The van der Waals surface area contributed by atoms with Crippen LogP contribution in [0.25, 0.3) is 11.1 Å². The van der Waals surface area contributed by atoms with Crippen molar-refractivity contribution in [2.45, 2.75) is 29.9 Å². The Balaban J connectivity index is 1.59. The number of thiocyanates is 1. The number of carbonyl (C=O) groups excluding carboxylic acids is 1. The highest BCUT2D eigenvalue weighted by Gasteiger charge is 2.23. The van der Waals surface area contributed by atoms with Gasteiger partial charge in [0.15, 0.2) is 0 Å². The van der Waals surface area contributed by atoms with Crippen LogP contribution in [0.5, 0.6) is 0 Å². The minimum Gasteiger partial charge on any atom is -0.367 e. The standard InChI is InChI=1S/C22H22N4O2S/c23-13-19(26-22(27)21-14-25-10-1-11-28-21)12-16-2-4-17(5-3-16)18-6-8-20(9-7-18)29-15-24/h2-9,19,21,25H,1,10-12,14H2,(H,26,27)/t19?,21-/m0/s1. The van der Waals surface area contributed by atoms with E-state index in [2.05, 4.69) is 22.1 Å². The Labute approximate surface area is 174 Å². The number of ether oxygens (including phenoxy) is 1. The highest BCUT2D eigenvalue weighted by Crippen LogP contribution is 2.24. The summed E-state index contributed by atoms with van der Waals surface area (Å²) in [6.07, 6.45) is 0.746. The molecule has 3 rings (SSSR count). The summed E-state index contributed by atoms with van der Waals surface area (Å²) in [5.41, 5.74) is 3.08. The lowest BCUT2D eigenvalue weighted by Crippen LogP contribution is -2.46. The molecule has 2 aromatic carbocycles. The fourth-order valence-corrected chi connectivity index (χ4v) is 3.49. The van der Waals surface area contributed by atoms with Crippen LogP contribution in [0.2, 0.25) is 0 Å². The molecule has 1 unspecified atom stereocenters. The van der Waals surface area contributed by atoms with E-state index in [9.17, 15) is 10.1 Å². The van der Waals surface area contributed by atoms with Gasteiger partial charge >= 0.3 is 0 Å². The van der Waals surface area contributed by atoms with E-state index in [1.165, 1.54) is 0 Å². The van der Waals surface area contributed by atoms with Crippen molar-refractivity contribution in [3.05, 3.63) is 54.1 Å². The number of hydrogen-bond acceptors (Lipinski definition) is 6. The van der Waals surface area contributed by atoms with E-state index >= 15 is 0 Å². The molecule has 1 heterocycles. The minimum atomic E-state index is -0.609. The maximum absolute atomic E-state index is 12.4. The molecule has 2 aromatic rings. The number of nitrogens with one attached hydrogen (secondary N) is 2. The van der Waals surface area contributed by atoms with Crippen LogP contribution < -0.4 is 10.6 Å². The normalized spacial score (nSPS) is 17.4. The van der Waals surface area contributed by atoms with E-state index in [0.717, 1.165) is 46.3 Å². The Bertz CT molecular complexity index is 892. The highest BCUT2D eigenvalue weighted by atomic mass is 32.2. The largest absolute Gasteiger partial charge is 0.367 e.